The van der Waals surface area contributed by atoms with Gasteiger partial charge in [0.2, 0.25) is 6.41 Å². The number of piperazine rings is 1. The zero-order chi connectivity index (χ0) is 18.6. The van der Waals surface area contributed by atoms with Crippen LogP contribution in [0.2, 0.25) is 0 Å². The van der Waals surface area contributed by atoms with Gasteiger partial charge in [0.05, 0.1) is 23.9 Å². The first kappa shape index (κ1) is 18.0. The number of hydrogen-bond donors (Lipinski definition) is 1. The molecule has 1 fully saturated rings. The van der Waals surface area contributed by atoms with E-state index in [-0.39, 0.29) is 10.7 Å². The third-order valence-electron chi connectivity index (χ3n) is 4.19. The molecule has 0 bridgehead atoms. The molecule has 0 saturated carbocycles. The second-order valence-electron chi connectivity index (χ2n) is 5.81. The molecule has 0 unspecified atom stereocenters. The van der Waals surface area contributed by atoms with Crippen LogP contribution >= 0.6 is 0 Å². The molecule has 26 heavy (non-hydrogen) atoms. The van der Waals surface area contributed by atoms with Crippen LogP contribution in [0.25, 0.3) is 0 Å². The molecule has 0 spiro atoms. The predicted molar refractivity (Wildman–Crippen MR) is 97.9 cm³/mol. The standard InChI is InChI=1S/C17H20N4O4S/c1-25-15-3-5-16(6-4-15)26(23,24)19-17-7-2-14(12-18-17)21-10-8-20(13-22)9-11-21/h2-7,12-13H,8-11H2,1H3,(H,18,19). The molecule has 1 aromatic carbocycles. The molecule has 8 nitrogen and oxygen atoms in total. The molecule has 3 rings (SSSR count). The summed E-state index contributed by atoms with van der Waals surface area (Å²) in [7, 11) is -2.19. The molecule has 2 aromatic rings. The lowest BCUT2D eigenvalue weighted by molar-refractivity contribution is -0.118. The number of carbonyl (C=O) groups excluding carboxylic acids is 1. The van der Waals surface area contributed by atoms with Crippen LogP contribution in [0.3, 0.4) is 0 Å². The normalized spacial score (nSPS) is 14.8. The van der Waals surface area contributed by atoms with Gasteiger partial charge in [-0.1, -0.05) is 0 Å². The number of amides is 1. The molecule has 138 valence electrons. The maximum absolute atomic E-state index is 12.4. The molecule has 1 aromatic heterocycles. The number of benzene rings is 1. The summed E-state index contributed by atoms with van der Waals surface area (Å²) in [5, 5.41) is 0. The minimum Gasteiger partial charge on any atom is -0.497 e. The average Bonchev–Trinajstić information content (AvgIpc) is 2.68. The van der Waals surface area contributed by atoms with Gasteiger partial charge in [0.15, 0.2) is 0 Å². The zero-order valence-electron chi connectivity index (χ0n) is 14.3. The summed E-state index contributed by atoms with van der Waals surface area (Å²) in [4.78, 5) is 18.9. The van der Waals surface area contributed by atoms with Crippen molar-refractivity contribution in [3.63, 3.8) is 0 Å². The smallest absolute Gasteiger partial charge is 0.263 e. The third kappa shape index (κ3) is 4.05. The van der Waals surface area contributed by atoms with E-state index in [9.17, 15) is 13.2 Å². The lowest BCUT2D eigenvalue weighted by atomic mass is 10.3. The van der Waals surface area contributed by atoms with Crippen LogP contribution in [0, 0.1) is 0 Å². The Bertz CT molecular complexity index is 845. The number of aromatic nitrogens is 1. The largest absolute Gasteiger partial charge is 0.497 e. The number of methoxy groups -OCH3 is 1. The summed E-state index contributed by atoms with van der Waals surface area (Å²) in [6, 6.07) is 9.57. The summed E-state index contributed by atoms with van der Waals surface area (Å²) < 4.78 is 32.3. The summed E-state index contributed by atoms with van der Waals surface area (Å²) in [6.07, 6.45) is 2.48. The van der Waals surface area contributed by atoms with Crippen LogP contribution in [-0.2, 0) is 14.8 Å². The van der Waals surface area contributed by atoms with Gasteiger partial charge in [-0.25, -0.2) is 13.4 Å². The monoisotopic (exact) mass is 376 g/mol. The Labute approximate surface area is 152 Å². The van der Waals surface area contributed by atoms with E-state index in [1.54, 1.807) is 29.3 Å². The molecule has 2 heterocycles. The highest BCUT2D eigenvalue weighted by Gasteiger charge is 2.17. The van der Waals surface area contributed by atoms with Crippen LogP contribution in [0.5, 0.6) is 5.75 Å². The lowest BCUT2D eigenvalue weighted by Crippen LogP contribution is -2.45. The molecule has 1 saturated heterocycles. The number of nitrogens with zero attached hydrogens (tertiary/aromatic N) is 3. The number of nitrogens with one attached hydrogen (secondary N) is 1. The second kappa shape index (κ2) is 7.61. The fraction of sp³-hybridized carbons (Fsp3) is 0.294. The summed E-state index contributed by atoms with van der Waals surface area (Å²) in [6.45, 7) is 2.76. The van der Waals surface area contributed by atoms with Crippen molar-refractivity contribution in [1.82, 2.24) is 9.88 Å². The van der Waals surface area contributed by atoms with E-state index in [4.69, 9.17) is 4.74 Å². The van der Waals surface area contributed by atoms with Crippen molar-refractivity contribution in [2.75, 3.05) is 42.9 Å². The number of rotatable bonds is 6. The molecule has 1 aliphatic heterocycles. The van der Waals surface area contributed by atoms with Gasteiger partial charge in [-0.15, -0.1) is 0 Å². The third-order valence-corrected chi connectivity index (χ3v) is 5.56. The maximum atomic E-state index is 12.4. The predicted octanol–water partition coefficient (Wildman–Crippen LogP) is 1.17. The van der Waals surface area contributed by atoms with Crippen LogP contribution < -0.4 is 14.4 Å². The van der Waals surface area contributed by atoms with Crippen LogP contribution in [0.1, 0.15) is 0 Å². The summed E-state index contributed by atoms with van der Waals surface area (Å²) >= 11 is 0. The zero-order valence-corrected chi connectivity index (χ0v) is 15.1. The minimum atomic E-state index is -3.71. The first-order chi connectivity index (χ1) is 12.5. The molecule has 1 amide bonds. The van der Waals surface area contributed by atoms with Gasteiger partial charge >= 0.3 is 0 Å². The van der Waals surface area contributed by atoms with E-state index in [0.717, 1.165) is 25.2 Å². The van der Waals surface area contributed by atoms with E-state index in [1.807, 2.05) is 6.07 Å². The average molecular weight is 376 g/mol. The Hall–Kier alpha value is -2.81. The van der Waals surface area contributed by atoms with Crippen molar-refractivity contribution < 1.29 is 17.9 Å². The van der Waals surface area contributed by atoms with Gasteiger partial charge in [0, 0.05) is 26.2 Å². The van der Waals surface area contributed by atoms with Crippen molar-refractivity contribution in [1.29, 1.82) is 0 Å². The van der Waals surface area contributed by atoms with E-state index in [2.05, 4.69) is 14.6 Å². The summed E-state index contributed by atoms with van der Waals surface area (Å²) in [5.41, 5.74) is 0.892. The van der Waals surface area contributed by atoms with E-state index in [0.29, 0.717) is 18.8 Å². The molecule has 0 aliphatic carbocycles. The second-order valence-corrected chi connectivity index (χ2v) is 7.49. The molecule has 0 radical (unpaired) electrons. The number of anilines is 2. The highest BCUT2D eigenvalue weighted by atomic mass is 32.2. The number of sulfonamides is 1. The van der Waals surface area contributed by atoms with Crippen LogP contribution in [0.15, 0.2) is 47.5 Å². The Morgan fingerprint density at radius 3 is 2.31 bits per heavy atom. The van der Waals surface area contributed by atoms with Gasteiger partial charge < -0.3 is 14.5 Å². The fourth-order valence-corrected chi connectivity index (χ4v) is 3.68. The van der Waals surface area contributed by atoms with Crippen molar-refractivity contribution >= 4 is 27.9 Å². The van der Waals surface area contributed by atoms with E-state index < -0.39 is 10.0 Å². The van der Waals surface area contributed by atoms with Gasteiger partial charge in [-0.2, -0.15) is 0 Å². The Balaban J connectivity index is 1.67. The highest BCUT2D eigenvalue weighted by Crippen LogP contribution is 2.20. The number of carbonyl (C=O) groups is 1. The van der Waals surface area contributed by atoms with Gasteiger partial charge in [-0.3, -0.25) is 9.52 Å². The lowest BCUT2D eigenvalue weighted by Gasteiger charge is -2.33. The molecule has 1 N–H and O–H groups in total. The maximum Gasteiger partial charge on any atom is 0.263 e. The molecule has 1 aliphatic rings. The van der Waals surface area contributed by atoms with E-state index >= 15 is 0 Å². The minimum absolute atomic E-state index is 0.133. The van der Waals surface area contributed by atoms with Crippen LogP contribution in [0.4, 0.5) is 11.5 Å². The highest BCUT2D eigenvalue weighted by molar-refractivity contribution is 7.92. The fourth-order valence-electron chi connectivity index (χ4n) is 2.67. The van der Waals surface area contributed by atoms with Crippen molar-refractivity contribution in [2.24, 2.45) is 0 Å². The van der Waals surface area contributed by atoms with Crippen molar-refractivity contribution in [2.45, 2.75) is 4.90 Å². The quantitative estimate of drug-likeness (QED) is 0.761. The number of hydrogen-bond acceptors (Lipinski definition) is 6. The van der Waals surface area contributed by atoms with Gasteiger partial charge in [-0.05, 0) is 36.4 Å². The first-order valence-electron chi connectivity index (χ1n) is 8.09. The first-order valence-corrected chi connectivity index (χ1v) is 9.57. The van der Waals surface area contributed by atoms with Crippen molar-refractivity contribution in [3.05, 3.63) is 42.6 Å². The Morgan fingerprint density at radius 1 is 1.08 bits per heavy atom. The Morgan fingerprint density at radius 2 is 1.77 bits per heavy atom. The Kier molecular flexibility index (Phi) is 5.27. The van der Waals surface area contributed by atoms with Crippen molar-refractivity contribution in [3.8, 4) is 5.75 Å². The summed E-state index contributed by atoms with van der Waals surface area (Å²) in [5.74, 6) is 0.831. The number of pyridine rings is 1. The SMILES string of the molecule is COc1ccc(S(=O)(=O)Nc2ccc(N3CCN(C=O)CC3)cn2)cc1. The van der Waals surface area contributed by atoms with E-state index in [1.165, 1.54) is 19.2 Å². The molecule has 9 heteroatoms. The van der Waals surface area contributed by atoms with Gasteiger partial charge in [0.1, 0.15) is 11.6 Å². The number of ether oxygens (including phenoxy) is 1. The van der Waals surface area contributed by atoms with Gasteiger partial charge in [0.25, 0.3) is 10.0 Å². The topological polar surface area (TPSA) is 91.8 Å². The molecular weight excluding hydrogens is 356 g/mol. The molecule has 0 atom stereocenters. The van der Waals surface area contributed by atoms with Crippen LogP contribution in [-0.4, -0.2) is 58.0 Å². The molecular formula is C17H20N4O4S.